The number of para-hydroxylation sites is 1. The van der Waals surface area contributed by atoms with Crippen molar-refractivity contribution < 1.29 is 22.3 Å². The predicted molar refractivity (Wildman–Crippen MR) is 102 cm³/mol. The third kappa shape index (κ3) is 3.53. The van der Waals surface area contributed by atoms with E-state index in [9.17, 15) is 17.6 Å². The van der Waals surface area contributed by atoms with Crippen LogP contribution in [0.2, 0.25) is 0 Å². The molecule has 0 aromatic heterocycles. The topological polar surface area (TPSA) is 66.9 Å². The highest BCUT2D eigenvalue weighted by Gasteiger charge is 2.31. The van der Waals surface area contributed by atoms with E-state index in [1.54, 1.807) is 4.90 Å². The fourth-order valence-electron chi connectivity index (χ4n) is 3.35. The van der Waals surface area contributed by atoms with E-state index in [0.717, 1.165) is 17.4 Å². The smallest absolute Gasteiger partial charge is 0.253 e. The lowest BCUT2D eigenvalue weighted by Gasteiger charge is -2.34. The Morgan fingerprint density at radius 1 is 1.00 bits per heavy atom. The van der Waals surface area contributed by atoms with Gasteiger partial charge in [-0.3, -0.25) is 4.79 Å². The number of piperazine rings is 1. The molecule has 2 aliphatic rings. The summed E-state index contributed by atoms with van der Waals surface area (Å²) >= 11 is 0. The first-order chi connectivity index (χ1) is 13.4. The number of hydrogen-bond acceptors (Lipinski definition) is 4. The zero-order chi connectivity index (χ0) is 19.7. The van der Waals surface area contributed by atoms with Crippen molar-refractivity contribution in [3.05, 3.63) is 65.5 Å². The molecule has 4 rings (SSSR count). The van der Waals surface area contributed by atoms with Crippen LogP contribution in [0.1, 0.15) is 5.56 Å². The maximum absolute atomic E-state index is 13.4. The van der Waals surface area contributed by atoms with Crippen LogP contribution in [0, 0.1) is 5.82 Å². The van der Waals surface area contributed by atoms with Crippen LogP contribution in [0.15, 0.2) is 59.0 Å². The lowest BCUT2D eigenvalue weighted by molar-refractivity contribution is -0.128. The van der Waals surface area contributed by atoms with Gasteiger partial charge < -0.3 is 9.64 Å². The molecule has 0 bridgehead atoms. The van der Waals surface area contributed by atoms with E-state index in [4.69, 9.17) is 4.74 Å². The summed E-state index contributed by atoms with van der Waals surface area (Å²) in [6, 6.07) is 12.4. The van der Waals surface area contributed by atoms with Crippen molar-refractivity contribution in [1.82, 2.24) is 9.21 Å². The molecule has 0 N–H and O–H groups in total. The van der Waals surface area contributed by atoms with Gasteiger partial charge in [0.25, 0.3) is 5.91 Å². The lowest BCUT2D eigenvalue weighted by atomic mass is 10.1. The van der Waals surface area contributed by atoms with Crippen molar-refractivity contribution in [3.63, 3.8) is 0 Å². The molecule has 2 aromatic carbocycles. The van der Waals surface area contributed by atoms with Crippen LogP contribution in [0.25, 0.3) is 6.08 Å². The van der Waals surface area contributed by atoms with Crippen LogP contribution in [0.5, 0.6) is 5.75 Å². The number of benzene rings is 2. The molecule has 2 aliphatic heterocycles. The number of sulfonamides is 1. The van der Waals surface area contributed by atoms with Gasteiger partial charge in [-0.1, -0.05) is 24.3 Å². The third-order valence-electron chi connectivity index (χ3n) is 4.87. The van der Waals surface area contributed by atoms with E-state index in [-0.39, 0.29) is 43.6 Å². The number of halogens is 1. The third-order valence-corrected chi connectivity index (χ3v) is 6.76. The molecule has 0 aliphatic carbocycles. The van der Waals surface area contributed by atoms with Gasteiger partial charge in [0.1, 0.15) is 18.2 Å². The van der Waals surface area contributed by atoms with Crippen molar-refractivity contribution in [1.29, 1.82) is 0 Å². The second-order valence-corrected chi connectivity index (χ2v) is 8.59. The van der Waals surface area contributed by atoms with Crippen LogP contribution in [0.3, 0.4) is 0 Å². The summed E-state index contributed by atoms with van der Waals surface area (Å²) in [5.41, 5.74) is 1.39. The summed E-state index contributed by atoms with van der Waals surface area (Å²) in [5, 5.41) is 0. The molecular formula is C20H19FN2O4S. The number of carbonyl (C=O) groups excluding carboxylic acids is 1. The highest BCUT2D eigenvalue weighted by Crippen LogP contribution is 2.27. The van der Waals surface area contributed by atoms with Gasteiger partial charge in [-0.15, -0.1) is 0 Å². The number of rotatable bonds is 3. The summed E-state index contributed by atoms with van der Waals surface area (Å²) in [6.45, 7) is 1.06. The molecule has 0 radical (unpaired) electrons. The molecule has 2 aromatic rings. The Morgan fingerprint density at radius 3 is 2.50 bits per heavy atom. The molecule has 1 saturated heterocycles. The molecule has 0 saturated carbocycles. The van der Waals surface area contributed by atoms with Gasteiger partial charge in [-0.25, -0.2) is 12.8 Å². The molecule has 6 nitrogen and oxygen atoms in total. The Hall–Kier alpha value is -2.71. The highest BCUT2D eigenvalue weighted by atomic mass is 32.2. The highest BCUT2D eigenvalue weighted by molar-refractivity contribution is 7.89. The SMILES string of the molecule is O=C(C1=Cc2ccccc2OC1)N1CCN(S(=O)(=O)c2cccc(F)c2)CC1. The number of hydrogen-bond donors (Lipinski definition) is 0. The minimum atomic E-state index is -3.78. The maximum atomic E-state index is 13.4. The largest absolute Gasteiger partial charge is 0.488 e. The number of nitrogens with zero attached hydrogens (tertiary/aromatic N) is 2. The second kappa shape index (κ2) is 7.37. The molecule has 146 valence electrons. The van der Waals surface area contributed by atoms with Crippen LogP contribution in [0.4, 0.5) is 4.39 Å². The first kappa shape index (κ1) is 18.6. The average molecular weight is 402 g/mol. The van der Waals surface area contributed by atoms with Crippen molar-refractivity contribution >= 4 is 22.0 Å². The van der Waals surface area contributed by atoms with Gasteiger partial charge >= 0.3 is 0 Å². The normalized spacial score (nSPS) is 17.5. The van der Waals surface area contributed by atoms with E-state index in [2.05, 4.69) is 0 Å². The van der Waals surface area contributed by atoms with Gasteiger partial charge in [0, 0.05) is 31.7 Å². The summed E-state index contributed by atoms with van der Waals surface area (Å²) < 4.78 is 45.7. The fourth-order valence-corrected chi connectivity index (χ4v) is 4.80. The van der Waals surface area contributed by atoms with Crippen molar-refractivity contribution in [2.24, 2.45) is 0 Å². The van der Waals surface area contributed by atoms with Crippen LogP contribution < -0.4 is 4.74 Å². The van der Waals surface area contributed by atoms with Gasteiger partial charge in [-0.2, -0.15) is 4.31 Å². The number of ether oxygens (including phenoxy) is 1. The van der Waals surface area contributed by atoms with Crippen molar-refractivity contribution in [2.45, 2.75) is 4.90 Å². The van der Waals surface area contributed by atoms with E-state index in [1.807, 2.05) is 30.3 Å². The van der Waals surface area contributed by atoms with Gasteiger partial charge in [0.2, 0.25) is 10.0 Å². The van der Waals surface area contributed by atoms with Crippen LogP contribution >= 0.6 is 0 Å². The van der Waals surface area contributed by atoms with Gasteiger partial charge in [0.15, 0.2) is 0 Å². The van der Waals surface area contributed by atoms with Gasteiger partial charge in [-0.05, 0) is 30.3 Å². The van der Waals surface area contributed by atoms with E-state index >= 15 is 0 Å². The monoisotopic (exact) mass is 402 g/mol. The molecule has 1 fully saturated rings. The Kier molecular flexibility index (Phi) is 4.91. The summed E-state index contributed by atoms with van der Waals surface area (Å²) in [6.07, 6.45) is 1.82. The quantitative estimate of drug-likeness (QED) is 0.789. The minimum absolute atomic E-state index is 0.0766. The summed E-state index contributed by atoms with van der Waals surface area (Å²) in [4.78, 5) is 14.3. The first-order valence-corrected chi connectivity index (χ1v) is 10.4. The number of carbonyl (C=O) groups is 1. The van der Waals surface area contributed by atoms with E-state index < -0.39 is 15.8 Å². The summed E-state index contributed by atoms with van der Waals surface area (Å²) in [5.74, 6) is -0.0123. The van der Waals surface area contributed by atoms with E-state index in [1.165, 1.54) is 22.5 Å². The standard InChI is InChI=1S/C20H19FN2O4S/c21-17-5-3-6-18(13-17)28(25,26)23-10-8-22(9-11-23)20(24)16-12-15-4-1-2-7-19(15)27-14-16/h1-7,12-13H,8-11,14H2. The zero-order valence-electron chi connectivity index (χ0n) is 15.0. The Balaban J connectivity index is 1.45. The maximum Gasteiger partial charge on any atom is 0.253 e. The molecule has 28 heavy (non-hydrogen) atoms. The molecule has 0 atom stereocenters. The van der Waals surface area contributed by atoms with Gasteiger partial charge in [0.05, 0.1) is 10.5 Å². The summed E-state index contributed by atoms with van der Waals surface area (Å²) in [7, 11) is -3.78. The zero-order valence-corrected chi connectivity index (χ0v) is 15.9. The minimum Gasteiger partial charge on any atom is -0.488 e. The molecule has 8 heteroatoms. The Bertz CT molecular complexity index is 1040. The lowest BCUT2D eigenvalue weighted by Crippen LogP contribution is -2.51. The second-order valence-electron chi connectivity index (χ2n) is 6.65. The molecule has 1 amide bonds. The Labute approximate surface area is 162 Å². The predicted octanol–water partition coefficient (Wildman–Crippen LogP) is 2.13. The van der Waals surface area contributed by atoms with Crippen molar-refractivity contribution in [2.75, 3.05) is 32.8 Å². The number of amides is 1. The molecule has 0 spiro atoms. The van der Waals surface area contributed by atoms with Crippen molar-refractivity contribution in [3.8, 4) is 5.75 Å². The molecule has 0 unspecified atom stereocenters. The fraction of sp³-hybridized carbons (Fsp3) is 0.250. The van der Waals surface area contributed by atoms with Crippen LogP contribution in [-0.2, 0) is 14.8 Å². The molecular weight excluding hydrogens is 383 g/mol. The van der Waals surface area contributed by atoms with Crippen LogP contribution in [-0.4, -0.2) is 56.3 Å². The Morgan fingerprint density at radius 2 is 1.75 bits per heavy atom. The molecule has 2 heterocycles. The average Bonchev–Trinajstić information content (AvgIpc) is 2.73. The first-order valence-electron chi connectivity index (χ1n) is 8.92. The number of fused-ring (bicyclic) bond motifs is 1. The van der Waals surface area contributed by atoms with E-state index in [0.29, 0.717) is 5.57 Å².